The summed E-state index contributed by atoms with van der Waals surface area (Å²) in [5.41, 5.74) is 0.764. The summed E-state index contributed by atoms with van der Waals surface area (Å²) in [6.45, 7) is 0.449. The summed E-state index contributed by atoms with van der Waals surface area (Å²) < 4.78 is 1.03. The van der Waals surface area contributed by atoms with Gasteiger partial charge in [0.1, 0.15) is 5.82 Å². The lowest BCUT2D eigenvalue weighted by Gasteiger charge is -2.15. The third-order valence-electron chi connectivity index (χ3n) is 3.55. The molecule has 1 saturated carbocycles. The molecule has 0 spiro atoms. The number of carbonyl (C=O) groups is 1. The SMILES string of the molecule is O=C(NCc1ncc[nH]1)C1(c2ccc(Br)cc2)CC1. The standard InChI is InChI=1S/C14H14BrN3O/c15-11-3-1-10(2-4-11)14(5-6-14)13(19)18-9-12-16-7-8-17-12/h1-4,7-8H,5-6,9H2,(H,16,17)(H,18,19). The van der Waals surface area contributed by atoms with E-state index in [2.05, 4.69) is 31.2 Å². The summed E-state index contributed by atoms with van der Waals surface area (Å²) in [7, 11) is 0. The summed E-state index contributed by atoms with van der Waals surface area (Å²) in [4.78, 5) is 19.4. The van der Waals surface area contributed by atoms with Crippen LogP contribution in [0.4, 0.5) is 0 Å². The maximum atomic E-state index is 12.3. The van der Waals surface area contributed by atoms with Crippen LogP contribution in [0.3, 0.4) is 0 Å². The van der Waals surface area contributed by atoms with Gasteiger partial charge in [0.25, 0.3) is 0 Å². The van der Waals surface area contributed by atoms with Gasteiger partial charge in [-0.2, -0.15) is 0 Å². The highest BCUT2D eigenvalue weighted by Crippen LogP contribution is 2.48. The van der Waals surface area contributed by atoms with Crippen LogP contribution in [0.25, 0.3) is 0 Å². The number of aromatic amines is 1. The van der Waals surface area contributed by atoms with Crippen LogP contribution in [0.1, 0.15) is 24.2 Å². The summed E-state index contributed by atoms with van der Waals surface area (Å²) in [5, 5.41) is 2.96. The van der Waals surface area contributed by atoms with E-state index in [4.69, 9.17) is 0 Å². The van der Waals surface area contributed by atoms with Crippen molar-refractivity contribution in [2.45, 2.75) is 24.8 Å². The number of hydrogen-bond donors (Lipinski definition) is 2. The molecule has 1 amide bonds. The molecule has 3 rings (SSSR count). The summed E-state index contributed by atoms with van der Waals surface area (Å²) in [5.74, 6) is 0.867. The monoisotopic (exact) mass is 319 g/mol. The van der Waals surface area contributed by atoms with Crippen LogP contribution in [0.2, 0.25) is 0 Å². The quantitative estimate of drug-likeness (QED) is 0.909. The van der Waals surface area contributed by atoms with Crippen molar-refractivity contribution >= 4 is 21.8 Å². The van der Waals surface area contributed by atoms with Crippen LogP contribution in [-0.2, 0) is 16.8 Å². The normalized spacial score (nSPS) is 16.1. The highest BCUT2D eigenvalue weighted by molar-refractivity contribution is 9.10. The van der Waals surface area contributed by atoms with E-state index >= 15 is 0 Å². The number of nitrogens with zero attached hydrogens (tertiary/aromatic N) is 1. The zero-order chi connectivity index (χ0) is 13.3. The van der Waals surface area contributed by atoms with Crippen LogP contribution >= 0.6 is 15.9 Å². The zero-order valence-corrected chi connectivity index (χ0v) is 11.9. The molecule has 0 aliphatic heterocycles. The Bertz CT molecular complexity index is 573. The van der Waals surface area contributed by atoms with Crippen molar-refractivity contribution in [2.24, 2.45) is 0 Å². The highest BCUT2D eigenvalue weighted by Gasteiger charge is 2.51. The van der Waals surface area contributed by atoms with Crippen LogP contribution in [0.15, 0.2) is 41.1 Å². The predicted octanol–water partition coefficient (Wildman–Crippen LogP) is 2.52. The number of aromatic nitrogens is 2. The van der Waals surface area contributed by atoms with Gasteiger partial charge in [0.15, 0.2) is 0 Å². The maximum Gasteiger partial charge on any atom is 0.231 e. The molecule has 98 valence electrons. The molecule has 0 atom stereocenters. The largest absolute Gasteiger partial charge is 0.348 e. The third-order valence-corrected chi connectivity index (χ3v) is 4.08. The Morgan fingerprint density at radius 2 is 2.11 bits per heavy atom. The van der Waals surface area contributed by atoms with Crippen molar-refractivity contribution in [3.63, 3.8) is 0 Å². The molecule has 1 heterocycles. The number of amides is 1. The summed E-state index contributed by atoms with van der Waals surface area (Å²) in [6, 6.07) is 8.00. The Hall–Kier alpha value is -1.62. The van der Waals surface area contributed by atoms with Crippen molar-refractivity contribution in [3.8, 4) is 0 Å². The van der Waals surface area contributed by atoms with Crippen LogP contribution in [0.5, 0.6) is 0 Å². The zero-order valence-electron chi connectivity index (χ0n) is 10.3. The molecule has 5 heteroatoms. The van der Waals surface area contributed by atoms with Crippen molar-refractivity contribution in [3.05, 3.63) is 52.5 Å². The fourth-order valence-electron chi connectivity index (χ4n) is 2.27. The fraction of sp³-hybridized carbons (Fsp3) is 0.286. The smallest absolute Gasteiger partial charge is 0.231 e. The first-order valence-corrected chi connectivity index (χ1v) is 7.03. The number of carbonyl (C=O) groups excluding carboxylic acids is 1. The molecule has 0 radical (unpaired) electrons. The number of hydrogen-bond acceptors (Lipinski definition) is 2. The van der Waals surface area contributed by atoms with Gasteiger partial charge in [0, 0.05) is 16.9 Å². The van der Waals surface area contributed by atoms with Gasteiger partial charge in [-0.25, -0.2) is 4.98 Å². The Kier molecular flexibility index (Phi) is 3.14. The summed E-state index contributed by atoms with van der Waals surface area (Å²) in [6.07, 6.45) is 5.27. The molecule has 1 aromatic heterocycles. The minimum Gasteiger partial charge on any atom is -0.348 e. The molecule has 1 aromatic carbocycles. The highest BCUT2D eigenvalue weighted by atomic mass is 79.9. The lowest BCUT2D eigenvalue weighted by molar-refractivity contribution is -0.123. The second kappa shape index (κ2) is 4.81. The molecule has 2 N–H and O–H groups in total. The first-order chi connectivity index (χ1) is 9.21. The number of H-pyrrole nitrogens is 1. The predicted molar refractivity (Wildman–Crippen MR) is 75.5 cm³/mol. The van der Waals surface area contributed by atoms with E-state index in [0.29, 0.717) is 6.54 Å². The van der Waals surface area contributed by atoms with E-state index in [1.165, 1.54) is 0 Å². The van der Waals surface area contributed by atoms with Gasteiger partial charge in [-0.05, 0) is 30.5 Å². The van der Waals surface area contributed by atoms with E-state index in [1.807, 2.05) is 24.3 Å². The second-order valence-corrected chi connectivity index (χ2v) is 5.72. The Labute approximate surface area is 119 Å². The average molecular weight is 320 g/mol. The number of rotatable bonds is 4. The Morgan fingerprint density at radius 1 is 1.37 bits per heavy atom. The van der Waals surface area contributed by atoms with Crippen molar-refractivity contribution in [1.29, 1.82) is 0 Å². The van der Waals surface area contributed by atoms with Gasteiger partial charge >= 0.3 is 0 Å². The maximum absolute atomic E-state index is 12.3. The topological polar surface area (TPSA) is 57.8 Å². The first kappa shape index (κ1) is 12.4. The van der Waals surface area contributed by atoms with Crippen molar-refractivity contribution in [1.82, 2.24) is 15.3 Å². The molecule has 1 aliphatic rings. The van der Waals surface area contributed by atoms with E-state index in [0.717, 1.165) is 28.7 Å². The van der Waals surface area contributed by atoms with E-state index in [9.17, 15) is 4.79 Å². The molecule has 1 fully saturated rings. The Morgan fingerprint density at radius 3 is 2.68 bits per heavy atom. The van der Waals surface area contributed by atoms with Gasteiger partial charge < -0.3 is 10.3 Å². The fourth-order valence-corrected chi connectivity index (χ4v) is 2.53. The number of imidazole rings is 1. The second-order valence-electron chi connectivity index (χ2n) is 4.81. The van der Waals surface area contributed by atoms with E-state index in [-0.39, 0.29) is 11.3 Å². The molecule has 19 heavy (non-hydrogen) atoms. The first-order valence-electron chi connectivity index (χ1n) is 6.23. The minimum absolute atomic E-state index is 0.0891. The molecule has 2 aromatic rings. The van der Waals surface area contributed by atoms with Gasteiger partial charge in [-0.3, -0.25) is 4.79 Å². The summed E-state index contributed by atoms with van der Waals surface area (Å²) >= 11 is 3.41. The number of benzene rings is 1. The van der Waals surface area contributed by atoms with Crippen LogP contribution in [-0.4, -0.2) is 15.9 Å². The van der Waals surface area contributed by atoms with Gasteiger partial charge in [0.05, 0.1) is 12.0 Å². The number of halogens is 1. The molecule has 0 unspecified atom stereocenters. The molecule has 0 saturated heterocycles. The van der Waals surface area contributed by atoms with E-state index in [1.54, 1.807) is 12.4 Å². The molecular formula is C14H14BrN3O. The minimum atomic E-state index is -0.326. The van der Waals surface area contributed by atoms with Crippen molar-refractivity contribution < 1.29 is 4.79 Å². The van der Waals surface area contributed by atoms with Gasteiger partial charge in [-0.1, -0.05) is 28.1 Å². The average Bonchev–Trinajstić information content (AvgIpc) is 3.07. The number of nitrogens with one attached hydrogen (secondary N) is 2. The Balaban J connectivity index is 1.70. The van der Waals surface area contributed by atoms with Crippen molar-refractivity contribution in [2.75, 3.05) is 0 Å². The molecular weight excluding hydrogens is 306 g/mol. The van der Waals surface area contributed by atoms with Gasteiger partial charge in [-0.15, -0.1) is 0 Å². The van der Waals surface area contributed by atoms with Crippen LogP contribution < -0.4 is 5.32 Å². The lowest BCUT2D eigenvalue weighted by Crippen LogP contribution is -2.34. The lowest BCUT2D eigenvalue weighted by atomic mass is 9.95. The molecule has 1 aliphatic carbocycles. The molecule has 4 nitrogen and oxygen atoms in total. The van der Waals surface area contributed by atoms with E-state index < -0.39 is 0 Å². The third kappa shape index (κ3) is 2.42. The molecule has 0 bridgehead atoms. The van der Waals surface area contributed by atoms with Crippen LogP contribution in [0, 0.1) is 0 Å². The van der Waals surface area contributed by atoms with Gasteiger partial charge in [0.2, 0.25) is 5.91 Å².